The number of hydrogen-bond acceptors (Lipinski definition) is 9. The molecule has 10 nitrogen and oxygen atoms in total. The standard InChI is InChI=1S/C24H26BrN3O3.C15H14O4/c1-27-13-17-8-21-24(30-3,19-5-4-6-20(27)22(17)19)9-15(12-28(21)2)14-31-23(29)16-7-18(25)11-26-10-16;1-8(2)14-15(17-3)10-6-9-4-5-13(16)18-11(9)7-12(10)19-14/h4-7,10-11,13,15,21H,8-9,12,14H2,1-3H3;4-8H,1-3H3. The average Bonchev–Trinajstić information content (AvgIpc) is 3.64. The summed E-state index contributed by atoms with van der Waals surface area (Å²) >= 11 is 3.35. The number of aryl methyl sites for hydroxylation is 1. The van der Waals surface area contributed by atoms with E-state index in [4.69, 9.17) is 23.0 Å². The third-order valence-electron chi connectivity index (χ3n) is 10.1. The summed E-state index contributed by atoms with van der Waals surface area (Å²) in [5.74, 6) is 1.60. The normalized spacial score (nSPS) is 20.2. The monoisotopic (exact) mass is 741 g/mol. The number of fused-ring (bicyclic) bond motifs is 4. The van der Waals surface area contributed by atoms with E-state index in [0.717, 1.165) is 46.1 Å². The smallest absolute Gasteiger partial charge is 0.339 e. The van der Waals surface area contributed by atoms with Crippen LogP contribution in [0.1, 0.15) is 53.4 Å². The highest BCUT2D eigenvalue weighted by molar-refractivity contribution is 9.10. The van der Waals surface area contributed by atoms with Gasteiger partial charge >= 0.3 is 11.6 Å². The molecule has 3 unspecified atom stereocenters. The molecule has 0 N–H and O–H groups in total. The van der Waals surface area contributed by atoms with E-state index in [1.165, 1.54) is 34.3 Å². The van der Waals surface area contributed by atoms with E-state index < -0.39 is 5.60 Å². The summed E-state index contributed by atoms with van der Waals surface area (Å²) in [6, 6.07) is 15.3. The van der Waals surface area contributed by atoms with Crippen molar-refractivity contribution in [1.82, 2.24) is 14.5 Å². The van der Waals surface area contributed by atoms with E-state index in [1.807, 2.05) is 27.0 Å². The summed E-state index contributed by atoms with van der Waals surface area (Å²) in [6.07, 6.45) is 7.20. The first-order chi connectivity index (χ1) is 24.0. The van der Waals surface area contributed by atoms with Gasteiger partial charge in [0, 0.05) is 90.1 Å². The fraction of sp³-hybridized carbons (Fsp3) is 0.359. The third-order valence-corrected chi connectivity index (χ3v) is 10.5. The van der Waals surface area contributed by atoms with Crippen molar-refractivity contribution in [2.24, 2.45) is 13.0 Å². The highest BCUT2D eigenvalue weighted by Gasteiger charge is 2.52. The van der Waals surface area contributed by atoms with Gasteiger partial charge in [-0.3, -0.25) is 9.88 Å². The summed E-state index contributed by atoms with van der Waals surface area (Å²) in [5, 5.41) is 3.06. The lowest BCUT2D eigenvalue weighted by atomic mass is 9.69. The molecule has 1 saturated heterocycles. The first kappa shape index (κ1) is 34.0. The highest BCUT2D eigenvalue weighted by atomic mass is 79.9. The summed E-state index contributed by atoms with van der Waals surface area (Å²) in [7, 11) is 7.70. The van der Waals surface area contributed by atoms with E-state index in [0.29, 0.717) is 23.3 Å². The molecular formula is C39H40BrN3O7. The Labute approximate surface area is 298 Å². The minimum absolute atomic E-state index is 0.172. The molecule has 4 aromatic heterocycles. The second-order valence-corrected chi connectivity index (χ2v) is 14.5. The van der Waals surface area contributed by atoms with Crippen molar-refractivity contribution in [2.75, 3.05) is 34.4 Å². The van der Waals surface area contributed by atoms with Gasteiger partial charge in [0.05, 0.1) is 24.7 Å². The number of carbonyl (C=O) groups excluding carboxylic acids is 1. The number of aromatic nitrogens is 2. The van der Waals surface area contributed by atoms with E-state index in [9.17, 15) is 9.59 Å². The number of ether oxygens (including phenoxy) is 3. The molecule has 11 heteroatoms. The van der Waals surface area contributed by atoms with Crippen LogP contribution in [-0.4, -0.2) is 60.9 Å². The summed E-state index contributed by atoms with van der Waals surface area (Å²) in [4.78, 5) is 30.2. The molecule has 1 aliphatic carbocycles. The topological polar surface area (TPSA) is 109 Å². The van der Waals surface area contributed by atoms with Gasteiger partial charge in [-0.2, -0.15) is 0 Å². The van der Waals surface area contributed by atoms with Crippen LogP contribution in [0.3, 0.4) is 0 Å². The number of likely N-dealkylation sites (tertiary alicyclic amines) is 1. The Kier molecular flexibility index (Phi) is 9.08. The second kappa shape index (κ2) is 13.4. The molecule has 0 radical (unpaired) electrons. The molecule has 2 aromatic carbocycles. The Morgan fingerprint density at radius 3 is 2.64 bits per heavy atom. The van der Waals surface area contributed by atoms with Crippen molar-refractivity contribution in [1.29, 1.82) is 0 Å². The van der Waals surface area contributed by atoms with Crippen molar-refractivity contribution in [2.45, 2.75) is 44.2 Å². The number of benzene rings is 2. The van der Waals surface area contributed by atoms with Gasteiger partial charge in [-0.15, -0.1) is 0 Å². The highest BCUT2D eigenvalue weighted by Crippen LogP contribution is 2.49. The van der Waals surface area contributed by atoms with Gasteiger partial charge < -0.3 is 27.6 Å². The minimum atomic E-state index is -0.421. The number of furan rings is 1. The third kappa shape index (κ3) is 5.91. The Hall–Kier alpha value is -4.45. The minimum Gasteiger partial charge on any atom is -0.492 e. The summed E-state index contributed by atoms with van der Waals surface area (Å²) in [6.45, 7) is 5.29. The zero-order valence-corrected chi connectivity index (χ0v) is 30.6. The quantitative estimate of drug-likeness (QED) is 0.126. The first-order valence-corrected chi connectivity index (χ1v) is 17.5. The number of pyridine rings is 1. The Morgan fingerprint density at radius 1 is 1.08 bits per heavy atom. The molecule has 0 spiro atoms. The molecule has 8 rings (SSSR count). The number of methoxy groups -OCH3 is 2. The zero-order valence-electron chi connectivity index (χ0n) is 29.0. The zero-order chi connectivity index (χ0) is 35.3. The lowest BCUT2D eigenvalue weighted by Gasteiger charge is -2.53. The summed E-state index contributed by atoms with van der Waals surface area (Å²) in [5.41, 5.74) is 4.72. The largest absolute Gasteiger partial charge is 0.492 e. The lowest BCUT2D eigenvalue weighted by Crippen LogP contribution is -2.59. The molecule has 6 aromatic rings. The van der Waals surface area contributed by atoms with Crippen LogP contribution in [0.25, 0.3) is 32.8 Å². The van der Waals surface area contributed by atoms with Gasteiger partial charge in [-0.1, -0.05) is 26.0 Å². The molecule has 0 bridgehead atoms. The van der Waals surface area contributed by atoms with Crippen LogP contribution in [0.4, 0.5) is 0 Å². The van der Waals surface area contributed by atoms with Crippen molar-refractivity contribution in [3.63, 3.8) is 0 Å². The number of halogens is 1. The Balaban J connectivity index is 0.000000176. The average molecular weight is 743 g/mol. The number of likely N-dealkylation sites (N-methyl/N-ethyl adjacent to an activating group) is 1. The second-order valence-electron chi connectivity index (χ2n) is 13.6. The first-order valence-electron chi connectivity index (χ1n) is 16.7. The number of hydrogen-bond donors (Lipinski definition) is 0. The van der Waals surface area contributed by atoms with Gasteiger partial charge in [0.25, 0.3) is 0 Å². The number of nitrogens with zero attached hydrogens (tertiary/aromatic N) is 3. The number of esters is 1. The molecular weight excluding hydrogens is 702 g/mol. The van der Waals surface area contributed by atoms with Crippen LogP contribution in [0.5, 0.6) is 5.75 Å². The molecule has 0 amide bonds. The molecule has 1 aliphatic heterocycles. The number of piperidine rings is 1. The van der Waals surface area contributed by atoms with Crippen LogP contribution >= 0.6 is 15.9 Å². The van der Waals surface area contributed by atoms with Crippen molar-refractivity contribution < 1.29 is 27.8 Å². The maximum Gasteiger partial charge on any atom is 0.339 e. The maximum absolute atomic E-state index is 12.5. The van der Waals surface area contributed by atoms with Crippen LogP contribution in [0.15, 0.2) is 85.2 Å². The predicted molar refractivity (Wildman–Crippen MR) is 195 cm³/mol. The van der Waals surface area contributed by atoms with Crippen LogP contribution in [0, 0.1) is 5.92 Å². The molecule has 3 atom stereocenters. The van der Waals surface area contributed by atoms with Crippen molar-refractivity contribution >= 4 is 54.7 Å². The van der Waals surface area contributed by atoms with E-state index in [1.54, 1.807) is 31.5 Å². The predicted octanol–water partition coefficient (Wildman–Crippen LogP) is 7.58. The van der Waals surface area contributed by atoms with Crippen molar-refractivity contribution in [3.8, 4) is 5.75 Å². The molecule has 0 saturated carbocycles. The molecule has 260 valence electrons. The Bertz CT molecular complexity index is 2290. The number of carbonyl (C=O) groups is 1. The number of rotatable bonds is 6. The van der Waals surface area contributed by atoms with Crippen LogP contribution in [0.2, 0.25) is 0 Å². The van der Waals surface area contributed by atoms with Crippen LogP contribution < -0.4 is 10.4 Å². The van der Waals surface area contributed by atoms with Gasteiger partial charge in [0.2, 0.25) is 0 Å². The van der Waals surface area contributed by atoms with Gasteiger partial charge in [0.1, 0.15) is 22.5 Å². The van der Waals surface area contributed by atoms with Gasteiger partial charge in [-0.25, -0.2) is 9.59 Å². The summed E-state index contributed by atoms with van der Waals surface area (Å²) < 4.78 is 31.4. The molecule has 50 heavy (non-hydrogen) atoms. The van der Waals surface area contributed by atoms with Crippen LogP contribution in [-0.2, 0) is 28.5 Å². The fourth-order valence-corrected chi connectivity index (χ4v) is 8.24. The van der Waals surface area contributed by atoms with Gasteiger partial charge in [0.15, 0.2) is 5.75 Å². The van der Waals surface area contributed by atoms with Gasteiger partial charge in [-0.05, 0) is 71.2 Å². The van der Waals surface area contributed by atoms with E-state index >= 15 is 0 Å². The molecule has 5 heterocycles. The molecule has 2 aliphatic rings. The molecule has 1 fully saturated rings. The maximum atomic E-state index is 12.5. The fourth-order valence-electron chi connectivity index (χ4n) is 7.87. The SMILES string of the molecule is COC12CC(COC(=O)c3cncc(Br)c3)CN(C)C1Cc1cn(C)c3cccc2c13.COc1c(C(C)C)oc2cc3oc(=O)ccc3cc12. The van der Waals surface area contributed by atoms with Crippen molar-refractivity contribution in [3.05, 3.63) is 104 Å². The lowest BCUT2D eigenvalue weighted by molar-refractivity contribution is -0.131. The Morgan fingerprint density at radius 2 is 1.90 bits per heavy atom. The van der Waals surface area contributed by atoms with E-state index in [2.05, 4.69) is 68.9 Å². The van der Waals surface area contributed by atoms with E-state index in [-0.39, 0.29) is 29.5 Å².